The zero-order valence-electron chi connectivity index (χ0n) is 10.7. The number of methoxy groups -OCH3 is 1. The molecule has 0 aliphatic carbocycles. The molecular weight excluding hydrogens is 214 g/mol. The van der Waals surface area contributed by atoms with Gasteiger partial charge in [-0.05, 0) is 50.4 Å². The molecule has 0 atom stereocenters. The zero-order chi connectivity index (χ0) is 12.1. The Kier molecular flexibility index (Phi) is 4.26. The average Bonchev–Trinajstić information content (AvgIpc) is 2.40. The van der Waals surface area contributed by atoms with E-state index in [4.69, 9.17) is 9.47 Å². The SMILES string of the molecule is CCOc1cc(OC)ccc1C1CCNCC1. The number of nitrogens with one attached hydrogen (secondary N) is 1. The number of ether oxygens (including phenoxy) is 2. The highest BCUT2D eigenvalue weighted by molar-refractivity contribution is 5.43. The summed E-state index contributed by atoms with van der Waals surface area (Å²) >= 11 is 0. The predicted molar refractivity (Wildman–Crippen MR) is 69.0 cm³/mol. The number of rotatable bonds is 4. The van der Waals surface area contributed by atoms with Crippen molar-refractivity contribution in [2.24, 2.45) is 0 Å². The van der Waals surface area contributed by atoms with Crippen LogP contribution in [0.1, 0.15) is 31.2 Å². The van der Waals surface area contributed by atoms with E-state index >= 15 is 0 Å². The lowest BCUT2D eigenvalue weighted by molar-refractivity contribution is 0.325. The molecular formula is C14H21NO2. The van der Waals surface area contributed by atoms with Crippen molar-refractivity contribution in [1.29, 1.82) is 0 Å². The molecule has 0 saturated carbocycles. The minimum absolute atomic E-state index is 0.615. The van der Waals surface area contributed by atoms with Crippen molar-refractivity contribution < 1.29 is 9.47 Å². The van der Waals surface area contributed by atoms with Gasteiger partial charge in [-0.25, -0.2) is 0 Å². The number of piperidine rings is 1. The third-order valence-corrected chi connectivity index (χ3v) is 3.30. The third kappa shape index (κ3) is 2.91. The van der Waals surface area contributed by atoms with Crippen LogP contribution in [0.5, 0.6) is 11.5 Å². The summed E-state index contributed by atoms with van der Waals surface area (Å²) in [6.07, 6.45) is 2.37. The van der Waals surface area contributed by atoms with Crippen LogP contribution >= 0.6 is 0 Å². The molecule has 3 nitrogen and oxygen atoms in total. The summed E-state index contributed by atoms with van der Waals surface area (Å²) in [6, 6.07) is 6.18. The number of hydrogen-bond donors (Lipinski definition) is 1. The maximum atomic E-state index is 5.73. The van der Waals surface area contributed by atoms with Gasteiger partial charge >= 0.3 is 0 Å². The summed E-state index contributed by atoms with van der Waals surface area (Å²) in [4.78, 5) is 0. The van der Waals surface area contributed by atoms with Gasteiger partial charge in [0.2, 0.25) is 0 Å². The largest absolute Gasteiger partial charge is 0.497 e. The minimum Gasteiger partial charge on any atom is -0.497 e. The highest BCUT2D eigenvalue weighted by Gasteiger charge is 2.19. The van der Waals surface area contributed by atoms with Crippen LogP contribution in [0.3, 0.4) is 0 Å². The smallest absolute Gasteiger partial charge is 0.126 e. The Balaban J connectivity index is 2.24. The van der Waals surface area contributed by atoms with Crippen LogP contribution in [0.2, 0.25) is 0 Å². The first kappa shape index (κ1) is 12.2. The summed E-state index contributed by atoms with van der Waals surface area (Å²) in [5.41, 5.74) is 1.33. The second-order valence-corrected chi connectivity index (χ2v) is 4.36. The van der Waals surface area contributed by atoms with Gasteiger partial charge in [0.25, 0.3) is 0 Å². The first-order valence-corrected chi connectivity index (χ1v) is 6.36. The summed E-state index contributed by atoms with van der Waals surface area (Å²) in [5, 5.41) is 3.39. The van der Waals surface area contributed by atoms with Crippen LogP contribution in [0, 0.1) is 0 Å². The molecule has 0 amide bonds. The molecule has 1 fully saturated rings. The molecule has 1 aliphatic rings. The fourth-order valence-electron chi connectivity index (χ4n) is 2.39. The Labute approximate surface area is 103 Å². The van der Waals surface area contributed by atoms with E-state index in [1.165, 1.54) is 18.4 Å². The first-order chi connectivity index (χ1) is 8.35. The second-order valence-electron chi connectivity index (χ2n) is 4.36. The second kappa shape index (κ2) is 5.92. The summed E-state index contributed by atoms with van der Waals surface area (Å²) in [6.45, 7) is 4.92. The molecule has 0 radical (unpaired) electrons. The summed E-state index contributed by atoms with van der Waals surface area (Å²) in [5.74, 6) is 2.47. The van der Waals surface area contributed by atoms with Crippen molar-refractivity contribution >= 4 is 0 Å². The normalized spacial score (nSPS) is 16.8. The van der Waals surface area contributed by atoms with Crippen molar-refractivity contribution in [3.63, 3.8) is 0 Å². The van der Waals surface area contributed by atoms with Gasteiger partial charge in [-0.1, -0.05) is 6.07 Å². The lowest BCUT2D eigenvalue weighted by Gasteiger charge is -2.25. The third-order valence-electron chi connectivity index (χ3n) is 3.30. The van der Waals surface area contributed by atoms with Crippen molar-refractivity contribution in [2.75, 3.05) is 26.8 Å². The van der Waals surface area contributed by atoms with Gasteiger partial charge in [0.1, 0.15) is 11.5 Å². The van der Waals surface area contributed by atoms with Crippen molar-refractivity contribution in [2.45, 2.75) is 25.7 Å². The molecule has 3 heteroatoms. The van der Waals surface area contributed by atoms with E-state index in [2.05, 4.69) is 11.4 Å². The molecule has 1 N–H and O–H groups in total. The fraction of sp³-hybridized carbons (Fsp3) is 0.571. The van der Waals surface area contributed by atoms with E-state index in [-0.39, 0.29) is 0 Å². The van der Waals surface area contributed by atoms with E-state index < -0.39 is 0 Å². The quantitative estimate of drug-likeness (QED) is 0.870. The highest BCUT2D eigenvalue weighted by Crippen LogP contribution is 2.35. The van der Waals surface area contributed by atoms with Gasteiger partial charge in [0.05, 0.1) is 13.7 Å². The zero-order valence-corrected chi connectivity index (χ0v) is 10.7. The van der Waals surface area contributed by atoms with E-state index in [1.807, 2.05) is 19.1 Å². The van der Waals surface area contributed by atoms with Gasteiger partial charge in [0, 0.05) is 6.07 Å². The van der Waals surface area contributed by atoms with Crippen LogP contribution in [0.25, 0.3) is 0 Å². The molecule has 2 rings (SSSR count). The van der Waals surface area contributed by atoms with Crippen LogP contribution in [0.4, 0.5) is 0 Å². The van der Waals surface area contributed by atoms with Gasteiger partial charge in [0.15, 0.2) is 0 Å². The van der Waals surface area contributed by atoms with Crippen molar-refractivity contribution in [3.05, 3.63) is 23.8 Å². The van der Waals surface area contributed by atoms with E-state index in [0.717, 1.165) is 24.6 Å². The van der Waals surface area contributed by atoms with Crippen LogP contribution < -0.4 is 14.8 Å². The average molecular weight is 235 g/mol. The lowest BCUT2D eigenvalue weighted by atomic mass is 9.89. The lowest BCUT2D eigenvalue weighted by Crippen LogP contribution is -2.26. The molecule has 1 aromatic carbocycles. The van der Waals surface area contributed by atoms with Gasteiger partial charge in [-0.3, -0.25) is 0 Å². The summed E-state index contributed by atoms with van der Waals surface area (Å²) < 4.78 is 11.0. The molecule has 1 saturated heterocycles. The predicted octanol–water partition coefficient (Wildman–Crippen LogP) is 2.56. The molecule has 0 unspecified atom stereocenters. The molecule has 0 aromatic heterocycles. The molecule has 1 heterocycles. The van der Waals surface area contributed by atoms with Crippen molar-refractivity contribution in [3.8, 4) is 11.5 Å². The molecule has 94 valence electrons. The molecule has 17 heavy (non-hydrogen) atoms. The van der Waals surface area contributed by atoms with E-state index in [1.54, 1.807) is 7.11 Å². The Morgan fingerprint density at radius 1 is 1.29 bits per heavy atom. The van der Waals surface area contributed by atoms with E-state index in [9.17, 15) is 0 Å². The number of hydrogen-bond acceptors (Lipinski definition) is 3. The molecule has 0 bridgehead atoms. The monoisotopic (exact) mass is 235 g/mol. The maximum Gasteiger partial charge on any atom is 0.126 e. The van der Waals surface area contributed by atoms with Crippen LogP contribution in [0.15, 0.2) is 18.2 Å². The Hall–Kier alpha value is -1.22. The number of benzene rings is 1. The van der Waals surface area contributed by atoms with E-state index in [0.29, 0.717) is 12.5 Å². The van der Waals surface area contributed by atoms with Gasteiger partial charge in [-0.15, -0.1) is 0 Å². The molecule has 1 aliphatic heterocycles. The molecule has 0 spiro atoms. The fourth-order valence-corrected chi connectivity index (χ4v) is 2.39. The standard InChI is InChI=1S/C14H21NO2/c1-3-17-14-10-12(16-2)4-5-13(14)11-6-8-15-9-7-11/h4-5,10-11,15H,3,6-9H2,1-2H3. The highest BCUT2D eigenvalue weighted by atomic mass is 16.5. The Morgan fingerprint density at radius 3 is 2.71 bits per heavy atom. The Bertz CT molecular complexity index is 359. The minimum atomic E-state index is 0.615. The van der Waals surface area contributed by atoms with Gasteiger partial charge < -0.3 is 14.8 Å². The summed E-state index contributed by atoms with van der Waals surface area (Å²) in [7, 11) is 1.69. The Morgan fingerprint density at radius 2 is 2.06 bits per heavy atom. The first-order valence-electron chi connectivity index (χ1n) is 6.36. The van der Waals surface area contributed by atoms with Gasteiger partial charge in [-0.2, -0.15) is 0 Å². The van der Waals surface area contributed by atoms with Crippen molar-refractivity contribution in [1.82, 2.24) is 5.32 Å². The van der Waals surface area contributed by atoms with Crippen LogP contribution in [-0.4, -0.2) is 26.8 Å². The van der Waals surface area contributed by atoms with Crippen LogP contribution in [-0.2, 0) is 0 Å². The topological polar surface area (TPSA) is 30.5 Å². The maximum absolute atomic E-state index is 5.73. The molecule has 1 aromatic rings.